The molecule has 23 heavy (non-hydrogen) atoms. The van der Waals surface area contributed by atoms with E-state index in [1.807, 2.05) is 6.07 Å². The molecule has 0 saturated heterocycles. The van der Waals surface area contributed by atoms with Crippen molar-refractivity contribution in [3.8, 4) is 11.1 Å². The van der Waals surface area contributed by atoms with E-state index in [1.165, 1.54) is 10.6 Å². The fraction of sp³-hybridized carbons (Fsp3) is 0.0667. The van der Waals surface area contributed by atoms with Crippen molar-refractivity contribution in [1.29, 1.82) is 0 Å². The van der Waals surface area contributed by atoms with Gasteiger partial charge in [-0.25, -0.2) is 0 Å². The highest BCUT2D eigenvalue weighted by Gasteiger charge is 2.31. The van der Waals surface area contributed by atoms with Gasteiger partial charge in [-0.05, 0) is 34.7 Å². The standard InChI is InChI=1S/C15H8F3N5/c16-15(17,18)11-4-3-9-6-12(10-2-1-5-19-8-10)14-20-21-22-23(14)13(9)7-11/h1-8H. The molecule has 0 aliphatic rings. The highest BCUT2D eigenvalue weighted by molar-refractivity contribution is 5.91. The lowest BCUT2D eigenvalue weighted by Crippen LogP contribution is -2.05. The van der Waals surface area contributed by atoms with Crippen LogP contribution >= 0.6 is 0 Å². The van der Waals surface area contributed by atoms with E-state index in [1.54, 1.807) is 24.5 Å². The van der Waals surface area contributed by atoms with Crippen molar-refractivity contribution in [2.75, 3.05) is 0 Å². The van der Waals surface area contributed by atoms with Crippen molar-refractivity contribution in [1.82, 2.24) is 25.0 Å². The largest absolute Gasteiger partial charge is 0.416 e. The highest BCUT2D eigenvalue weighted by Crippen LogP contribution is 2.33. The fourth-order valence-electron chi connectivity index (χ4n) is 2.50. The number of pyridine rings is 2. The van der Waals surface area contributed by atoms with Crippen molar-refractivity contribution in [3.63, 3.8) is 0 Å². The number of benzene rings is 1. The summed E-state index contributed by atoms with van der Waals surface area (Å²) in [5, 5.41) is 12.0. The van der Waals surface area contributed by atoms with Crippen molar-refractivity contribution < 1.29 is 13.2 Å². The minimum absolute atomic E-state index is 0.299. The van der Waals surface area contributed by atoms with E-state index in [0.29, 0.717) is 22.1 Å². The molecule has 1 aromatic carbocycles. The maximum atomic E-state index is 12.9. The third kappa shape index (κ3) is 2.19. The maximum Gasteiger partial charge on any atom is 0.416 e. The van der Waals surface area contributed by atoms with Crippen LogP contribution in [0.1, 0.15) is 5.56 Å². The number of tetrazole rings is 1. The molecule has 4 rings (SSSR count). The summed E-state index contributed by atoms with van der Waals surface area (Å²) in [4.78, 5) is 4.05. The first-order chi connectivity index (χ1) is 11.0. The van der Waals surface area contributed by atoms with Gasteiger partial charge in [0.25, 0.3) is 0 Å². The molecule has 0 N–H and O–H groups in total. The van der Waals surface area contributed by atoms with Gasteiger partial charge >= 0.3 is 6.18 Å². The molecule has 0 radical (unpaired) electrons. The quantitative estimate of drug-likeness (QED) is 0.540. The van der Waals surface area contributed by atoms with Crippen molar-refractivity contribution in [2.45, 2.75) is 6.18 Å². The summed E-state index contributed by atoms with van der Waals surface area (Å²) in [6.07, 6.45) is -1.13. The second-order valence-corrected chi connectivity index (χ2v) is 4.99. The summed E-state index contributed by atoms with van der Waals surface area (Å²) >= 11 is 0. The Morgan fingerprint density at radius 3 is 2.65 bits per heavy atom. The zero-order valence-corrected chi connectivity index (χ0v) is 11.5. The Labute approximate surface area is 127 Å². The molecule has 3 heterocycles. The van der Waals surface area contributed by atoms with Crippen LogP contribution < -0.4 is 0 Å². The number of fused-ring (bicyclic) bond motifs is 3. The normalized spacial score (nSPS) is 12.1. The minimum Gasteiger partial charge on any atom is -0.264 e. The number of hydrogen-bond donors (Lipinski definition) is 0. The second kappa shape index (κ2) is 4.73. The van der Waals surface area contributed by atoms with E-state index in [-0.39, 0.29) is 0 Å². The number of hydrogen-bond acceptors (Lipinski definition) is 4. The molecular formula is C15H8F3N5. The highest BCUT2D eigenvalue weighted by atomic mass is 19.4. The average molecular weight is 315 g/mol. The summed E-state index contributed by atoms with van der Waals surface area (Å²) in [6, 6.07) is 8.88. The molecule has 0 aliphatic carbocycles. The van der Waals surface area contributed by atoms with Gasteiger partial charge in [0.05, 0.1) is 11.1 Å². The summed E-state index contributed by atoms with van der Waals surface area (Å²) in [6.45, 7) is 0. The first kappa shape index (κ1) is 13.6. The SMILES string of the molecule is FC(F)(F)c1ccc2cc(-c3cccnc3)c3nnnn3c2c1. The topological polar surface area (TPSA) is 56.0 Å². The van der Waals surface area contributed by atoms with Gasteiger partial charge in [0.2, 0.25) is 0 Å². The Hall–Kier alpha value is -3.03. The summed E-state index contributed by atoms with van der Waals surface area (Å²) in [7, 11) is 0. The third-order valence-corrected chi connectivity index (χ3v) is 3.57. The number of nitrogens with zero attached hydrogens (tertiary/aromatic N) is 5. The van der Waals surface area contributed by atoms with Gasteiger partial charge in [0, 0.05) is 28.9 Å². The molecule has 114 valence electrons. The van der Waals surface area contributed by atoms with Crippen LogP contribution in [-0.2, 0) is 6.18 Å². The zero-order valence-electron chi connectivity index (χ0n) is 11.5. The summed E-state index contributed by atoms with van der Waals surface area (Å²) < 4.78 is 40.1. The number of alkyl halides is 3. The van der Waals surface area contributed by atoms with Crippen LogP contribution in [-0.4, -0.2) is 25.0 Å². The number of halogens is 3. The zero-order chi connectivity index (χ0) is 16.0. The van der Waals surface area contributed by atoms with E-state index in [4.69, 9.17) is 0 Å². The Balaban J connectivity index is 2.06. The van der Waals surface area contributed by atoms with E-state index in [2.05, 4.69) is 20.5 Å². The summed E-state index contributed by atoms with van der Waals surface area (Å²) in [5.74, 6) is 0. The Morgan fingerprint density at radius 2 is 1.91 bits per heavy atom. The third-order valence-electron chi connectivity index (χ3n) is 3.57. The van der Waals surface area contributed by atoms with Crippen molar-refractivity contribution >= 4 is 16.6 Å². The van der Waals surface area contributed by atoms with E-state index < -0.39 is 11.7 Å². The van der Waals surface area contributed by atoms with Gasteiger partial charge in [-0.15, -0.1) is 5.10 Å². The molecule has 0 spiro atoms. The molecule has 0 fully saturated rings. The van der Waals surface area contributed by atoms with Crippen LogP contribution in [0.3, 0.4) is 0 Å². The predicted molar refractivity (Wildman–Crippen MR) is 76.5 cm³/mol. The molecule has 0 atom stereocenters. The van der Waals surface area contributed by atoms with Crippen molar-refractivity contribution in [2.24, 2.45) is 0 Å². The smallest absolute Gasteiger partial charge is 0.264 e. The molecule has 4 aromatic rings. The van der Waals surface area contributed by atoms with Gasteiger partial charge in [-0.2, -0.15) is 17.7 Å². The van der Waals surface area contributed by atoms with E-state index in [9.17, 15) is 13.2 Å². The van der Waals surface area contributed by atoms with E-state index in [0.717, 1.165) is 17.7 Å². The number of rotatable bonds is 1. The predicted octanol–water partition coefficient (Wildman–Crippen LogP) is 3.36. The van der Waals surface area contributed by atoms with Gasteiger partial charge < -0.3 is 0 Å². The van der Waals surface area contributed by atoms with Crippen LogP contribution in [0.25, 0.3) is 27.7 Å². The lowest BCUT2D eigenvalue weighted by Gasteiger charge is -2.10. The lowest BCUT2D eigenvalue weighted by molar-refractivity contribution is -0.137. The van der Waals surface area contributed by atoms with Crippen LogP contribution in [0, 0.1) is 0 Å². The maximum absolute atomic E-state index is 12.9. The van der Waals surface area contributed by atoms with Crippen LogP contribution in [0.2, 0.25) is 0 Å². The number of aromatic nitrogens is 5. The molecule has 5 nitrogen and oxygen atoms in total. The minimum atomic E-state index is -4.42. The molecule has 0 amide bonds. The second-order valence-electron chi connectivity index (χ2n) is 4.99. The molecule has 0 saturated carbocycles. The van der Waals surface area contributed by atoms with Crippen molar-refractivity contribution in [3.05, 3.63) is 54.4 Å². The molecule has 0 aliphatic heterocycles. The molecule has 0 bridgehead atoms. The lowest BCUT2D eigenvalue weighted by atomic mass is 10.0. The average Bonchev–Trinajstić information content (AvgIpc) is 3.03. The first-order valence-electron chi connectivity index (χ1n) is 6.66. The fourth-order valence-corrected chi connectivity index (χ4v) is 2.50. The van der Waals surface area contributed by atoms with Crippen LogP contribution in [0.5, 0.6) is 0 Å². The monoisotopic (exact) mass is 315 g/mol. The molecule has 3 aromatic heterocycles. The molecule has 8 heteroatoms. The van der Waals surface area contributed by atoms with Crippen LogP contribution in [0.4, 0.5) is 13.2 Å². The Bertz CT molecular complexity index is 1010. The van der Waals surface area contributed by atoms with Gasteiger partial charge in [-0.1, -0.05) is 12.1 Å². The van der Waals surface area contributed by atoms with E-state index >= 15 is 0 Å². The molecular weight excluding hydrogens is 307 g/mol. The van der Waals surface area contributed by atoms with Gasteiger partial charge in [0.1, 0.15) is 0 Å². The first-order valence-corrected chi connectivity index (χ1v) is 6.66. The molecule has 0 unspecified atom stereocenters. The summed E-state index contributed by atoms with van der Waals surface area (Å²) in [5.41, 5.74) is 1.43. The van der Waals surface area contributed by atoms with Crippen LogP contribution in [0.15, 0.2) is 48.8 Å². The van der Waals surface area contributed by atoms with Gasteiger partial charge in [0.15, 0.2) is 5.65 Å². The van der Waals surface area contributed by atoms with Gasteiger partial charge in [-0.3, -0.25) is 4.98 Å². The Kier molecular flexibility index (Phi) is 2.80. The Morgan fingerprint density at radius 1 is 1.04 bits per heavy atom.